The molecule has 3 rings (SSSR count). The van der Waals surface area contributed by atoms with Crippen LogP contribution in [0.4, 0.5) is 13.2 Å². The Morgan fingerprint density at radius 2 is 1.82 bits per heavy atom. The number of benzene rings is 1. The molecule has 0 radical (unpaired) electrons. The summed E-state index contributed by atoms with van der Waals surface area (Å²) in [6.07, 6.45) is -1.08. The largest absolute Gasteiger partial charge is 0.573 e. The molecule has 1 aromatic carbocycles. The van der Waals surface area contributed by atoms with Crippen LogP contribution in [0, 0.1) is 13.8 Å². The maximum absolute atomic E-state index is 12.2. The van der Waals surface area contributed by atoms with Crippen molar-refractivity contribution >= 4 is 5.52 Å². The third-order valence-corrected chi connectivity index (χ3v) is 3.46. The van der Waals surface area contributed by atoms with Crippen molar-refractivity contribution in [2.24, 2.45) is 0 Å². The van der Waals surface area contributed by atoms with Gasteiger partial charge >= 0.3 is 6.36 Å². The van der Waals surface area contributed by atoms with Crippen LogP contribution in [0.3, 0.4) is 0 Å². The third-order valence-electron chi connectivity index (χ3n) is 3.46. The molecule has 0 N–H and O–H groups in total. The lowest BCUT2D eigenvalue weighted by Gasteiger charge is -2.12. The van der Waals surface area contributed by atoms with E-state index >= 15 is 0 Å². The summed E-state index contributed by atoms with van der Waals surface area (Å²) in [5.41, 5.74) is 4.50. The SMILES string of the molecule is Cc1cc(OC(F)(F)F)ccc1-c1ccn2ncc(C)c2c1. The highest BCUT2D eigenvalue weighted by molar-refractivity contribution is 5.73. The van der Waals surface area contributed by atoms with Crippen molar-refractivity contribution in [1.29, 1.82) is 0 Å². The zero-order chi connectivity index (χ0) is 15.9. The monoisotopic (exact) mass is 306 g/mol. The summed E-state index contributed by atoms with van der Waals surface area (Å²) >= 11 is 0. The standard InChI is InChI=1S/C16H13F3N2O/c1-10-7-13(22-16(17,18)19)3-4-14(10)12-5-6-21-15(8-12)11(2)9-20-21/h3-9H,1-2H3. The summed E-state index contributed by atoms with van der Waals surface area (Å²) in [7, 11) is 0. The lowest BCUT2D eigenvalue weighted by molar-refractivity contribution is -0.274. The Kier molecular flexibility index (Phi) is 3.31. The topological polar surface area (TPSA) is 26.5 Å². The molecule has 0 aliphatic carbocycles. The Labute approximate surface area is 124 Å². The summed E-state index contributed by atoms with van der Waals surface area (Å²) in [6, 6.07) is 8.19. The highest BCUT2D eigenvalue weighted by atomic mass is 19.4. The maximum atomic E-state index is 12.2. The fourth-order valence-corrected chi connectivity index (χ4v) is 2.43. The number of nitrogens with zero attached hydrogens (tertiary/aromatic N) is 2. The molecule has 0 unspecified atom stereocenters. The number of fused-ring (bicyclic) bond motifs is 1. The smallest absolute Gasteiger partial charge is 0.406 e. The summed E-state index contributed by atoms with van der Waals surface area (Å²) in [6.45, 7) is 3.71. The molecule has 0 saturated heterocycles. The quantitative estimate of drug-likeness (QED) is 0.696. The van der Waals surface area contributed by atoms with E-state index < -0.39 is 6.36 Å². The van der Waals surface area contributed by atoms with Crippen LogP contribution in [0.1, 0.15) is 11.1 Å². The molecule has 0 atom stereocenters. The molecule has 0 saturated carbocycles. The average molecular weight is 306 g/mol. The number of hydrogen-bond donors (Lipinski definition) is 0. The van der Waals surface area contributed by atoms with E-state index in [9.17, 15) is 13.2 Å². The van der Waals surface area contributed by atoms with E-state index in [-0.39, 0.29) is 5.75 Å². The second-order valence-electron chi connectivity index (χ2n) is 5.10. The Morgan fingerprint density at radius 1 is 1.05 bits per heavy atom. The number of aryl methyl sites for hydroxylation is 2. The molecule has 114 valence electrons. The first-order chi connectivity index (χ1) is 10.3. The first-order valence-electron chi connectivity index (χ1n) is 6.64. The second kappa shape index (κ2) is 5.05. The van der Waals surface area contributed by atoms with Gasteiger partial charge in [0.2, 0.25) is 0 Å². The van der Waals surface area contributed by atoms with Crippen molar-refractivity contribution in [3.63, 3.8) is 0 Å². The molecule has 6 heteroatoms. The van der Waals surface area contributed by atoms with Gasteiger partial charge in [0.1, 0.15) is 5.75 Å². The summed E-state index contributed by atoms with van der Waals surface area (Å²) < 4.78 is 42.4. The molecule has 0 bridgehead atoms. The van der Waals surface area contributed by atoms with Crippen molar-refractivity contribution in [3.8, 4) is 16.9 Å². The highest BCUT2D eigenvalue weighted by Gasteiger charge is 2.31. The van der Waals surface area contributed by atoms with Gasteiger partial charge in [-0.3, -0.25) is 0 Å². The fraction of sp³-hybridized carbons (Fsp3) is 0.188. The first kappa shape index (κ1) is 14.4. The number of halogens is 3. The predicted molar refractivity (Wildman–Crippen MR) is 76.8 cm³/mol. The second-order valence-corrected chi connectivity index (χ2v) is 5.10. The van der Waals surface area contributed by atoms with Crippen molar-refractivity contribution in [1.82, 2.24) is 9.61 Å². The maximum Gasteiger partial charge on any atom is 0.573 e. The minimum atomic E-state index is -4.68. The van der Waals surface area contributed by atoms with Gasteiger partial charge in [0, 0.05) is 6.20 Å². The molecule has 2 heterocycles. The van der Waals surface area contributed by atoms with Gasteiger partial charge in [-0.05, 0) is 60.4 Å². The lowest BCUT2D eigenvalue weighted by atomic mass is 10.0. The highest BCUT2D eigenvalue weighted by Crippen LogP contribution is 2.30. The Bertz CT molecular complexity index is 837. The number of ether oxygens (including phenoxy) is 1. The summed E-state index contributed by atoms with van der Waals surface area (Å²) in [4.78, 5) is 0. The molecule has 3 aromatic rings. The molecule has 22 heavy (non-hydrogen) atoms. The van der Waals surface area contributed by atoms with E-state index in [1.807, 2.05) is 25.3 Å². The van der Waals surface area contributed by atoms with Gasteiger partial charge in [-0.2, -0.15) is 5.10 Å². The van der Waals surface area contributed by atoms with E-state index in [2.05, 4.69) is 9.84 Å². The minimum Gasteiger partial charge on any atom is -0.406 e. The van der Waals surface area contributed by atoms with Crippen LogP contribution in [-0.2, 0) is 0 Å². The van der Waals surface area contributed by atoms with Crippen molar-refractivity contribution in [2.45, 2.75) is 20.2 Å². The van der Waals surface area contributed by atoms with Crippen LogP contribution < -0.4 is 4.74 Å². The molecule has 0 aliphatic heterocycles. The van der Waals surface area contributed by atoms with Crippen molar-refractivity contribution < 1.29 is 17.9 Å². The Balaban J connectivity index is 2.01. The molecule has 3 nitrogen and oxygen atoms in total. The zero-order valence-corrected chi connectivity index (χ0v) is 12.0. The number of pyridine rings is 1. The van der Waals surface area contributed by atoms with Gasteiger partial charge in [0.25, 0.3) is 0 Å². The number of hydrogen-bond acceptors (Lipinski definition) is 2. The van der Waals surface area contributed by atoms with E-state index in [0.29, 0.717) is 5.56 Å². The van der Waals surface area contributed by atoms with Gasteiger partial charge < -0.3 is 4.74 Å². The van der Waals surface area contributed by atoms with Gasteiger partial charge in [-0.1, -0.05) is 6.07 Å². The van der Waals surface area contributed by atoms with Gasteiger partial charge in [-0.15, -0.1) is 13.2 Å². The van der Waals surface area contributed by atoms with Crippen LogP contribution >= 0.6 is 0 Å². The molecular formula is C16H13F3N2O. The summed E-state index contributed by atoms with van der Waals surface area (Å²) in [5.74, 6) is -0.213. The molecule has 0 fully saturated rings. The van der Waals surface area contributed by atoms with Crippen LogP contribution in [0.5, 0.6) is 5.75 Å². The van der Waals surface area contributed by atoms with Crippen LogP contribution in [0.15, 0.2) is 42.7 Å². The lowest BCUT2D eigenvalue weighted by Crippen LogP contribution is -2.17. The average Bonchev–Trinajstić information content (AvgIpc) is 2.78. The third kappa shape index (κ3) is 2.77. The molecule has 2 aromatic heterocycles. The number of aromatic nitrogens is 2. The normalized spacial score (nSPS) is 11.9. The van der Waals surface area contributed by atoms with E-state index in [1.54, 1.807) is 23.7 Å². The van der Waals surface area contributed by atoms with Crippen LogP contribution in [0.25, 0.3) is 16.6 Å². The first-order valence-corrected chi connectivity index (χ1v) is 6.64. The van der Waals surface area contributed by atoms with Gasteiger partial charge in [-0.25, -0.2) is 4.52 Å². The Morgan fingerprint density at radius 3 is 2.50 bits per heavy atom. The van der Waals surface area contributed by atoms with E-state index in [0.717, 1.165) is 22.2 Å². The van der Waals surface area contributed by atoms with E-state index in [4.69, 9.17) is 0 Å². The molecule has 0 aliphatic rings. The van der Waals surface area contributed by atoms with E-state index in [1.165, 1.54) is 12.1 Å². The fourth-order valence-electron chi connectivity index (χ4n) is 2.43. The molecule has 0 spiro atoms. The van der Waals surface area contributed by atoms with Gasteiger partial charge in [0.15, 0.2) is 0 Å². The van der Waals surface area contributed by atoms with Crippen molar-refractivity contribution in [3.05, 3.63) is 53.9 Å². The van der Waals surface area contributed by atoms with Crippen molar-refractivity contribution in [2.75, 3.05) is 0 Å². The predicted octanol–water partition coefficient (Wildman–Crippen LogP) is 4.52. The van der Waals surface area contributed by atoms with Crippen LogP contribution in [0.2, 0.25) is 0 Å². The van der Waals surface area contributed by atoms with Gasteiger partial charge in [0.05, 0.1) is 11.7 Å². The number of rotatable bonds is 2. The Hall–Kier alpha value is -2.50. The van der Waals surface area contributed by atoms with Crippen LogP contribution in [-0.4, -0.2) is 16.0 Å². The minimum absolute atomic E-state index is 0.213. The zero-order valence-electron chi connectivity index (χ0n) is 12.0. The molecular weight excluding hydrogens is 293 g/mol. The number of alkyl halides is 3. The summed E-state index contributed by atoms with van der Waals surface area (Å²) in [5, 5.41) is 4.20. The molecule has 0 amide bonds.